The van der Waals surface area contributed by atoms with Crippen molar-refractivity contribution in [3.05, 3.63) is 39.0 Å². The smallest absolute Gasteiger partial charge is 0.263 e. The van der Waals surface area contributed by atoms with Crippen LogP contribution in [-0.2, 0) is 16.6 Å². The van der Waals surface area contributed by atoms with E-state index >= 15 is 0 Å². The minimum Gasteiger partial charge on any atom is -0.378 e. The van der Waals surface area contributed by atoms with Gasteiger partial charge in [0.2, 0.25) is 0 Å². The lowest BCUT2D eigenvalue weighted by atomic mass is 10.3. The fourth-order valence-corrected chi connectivity index (χ4v) is 5.35. The fraction of sp³-hybridized carbons (Fsp3) is 0.231. The second-order valence-corrected chi connectivity index (χ2v) is 8.71. The molecule has 1 heterocycles. The first-order valence-corrected chi connectivity index (χ1v) is 9.21. The Morgan fingerprint density at radius 2 is 2.05 bits per heavy atom. The zero-order valence-corrected chi connectivity index (χ0v) is 14.8. The van der Waals surface area contributed by atoms with E-state index in [1.54, 1.807) is 24.3 Å². The van der Waals surface area contributed by atoms with Gasteiger partial charge >= 0.3 is 0 Å². The minimum atomic E-state index is -3.64. The largest absolute Gasteiger partial charge is 0.378 e. The molecule has 114 valence electrons. The van der Waals surface area contributed by atoms with Crippen LogP contribution in [0.5, 0.6) is 0 Å². The maximum Gasteiger partial charge on any atom is 0.263 e. The van der Waals surface area contributed by atoms with Gasteiger partial charge in [-0.1, -0.05) is 6.07 Å². The highest BCUT2D eigenvalue weighted by atomic mass is 79.9. The summed E-state index contributed by atoms with van der Waals surface area (Å²) in [5, 5.41) is 0. The molecule has 0 saturated carbocycles. The normalized spacial score (nSPS) is 11.4. The van der Waals surface area contributed by atoms with Crippen molar-refractivity contribution in [1.82, 2.24) is 0 Å². The van der Waals surface area contributed by atoms with Gasteiger partial charge in [0, 0.05) is 31.2 Å². The molecular formula is C13H16BrN3O2S2. The second kappa shape index (κ2) is 6.35. The Bertz CT molecular complexity index is 742. The fourth-order valence-electron chi connectivity index (χ4n) is 1.74. The van der Waals surface area contributed by atoms with E-state index in [9.17, 15) is 8.42 Å². The molecule has 0 amide bonds. The lowest BCUT2D eigenvalue weighted by molar-refractivity contribution is 0.601. The van der Waals surface area contributed by atoms with Crippen LogP contribution in [-0.4, -0.2) is 22.5 Å². The number of sulfonamides is 1. The molecule has 0 saturated heterocycles. The van der Waals surface area contributed by atoms with E-state index in [0.717, 1.165) is 10.6 Å². The number of thiophene rings is 1. The van der Waals surface area contributed by atoms with Crippen LogP contribution in [0.1, 0.15) is 4.88 Å². The number of anilines is 2. The Morgan fingerprint density at radius 1 is 1.33 bits per heavy atom. The predicted molar refractivity (Wildman–Crippen MR) is 91.5 cm³/mol. The summed E-state index contributed by atoms with van der Waals surface area (Å²) in [5.41, 5.74) is 6.99. The molecule has 0 bridgehead atoms. The zero-order valence-electron chi connectivity index (χ0n) is 11.6. The van der Waals surface area contributed by atoms with Gasteiger partial charge in [0.05, 0.1) is 9.47 Å². The number of nitrogens with two attached hydrogens (primary N) is 1. The molecule has 0 unspecified atom stereocenters. The van der Waals surface area contributed by atoms with Crippen LogP contribution in [0.15, 0.2) is 39.0 Å². The summed E-state index contributed by atoms with van der Waals surface area (Å²) < 4.78 is 28.0. The summed E-state index contributed by atoms with van der Waals surface area (Å²) >= 11 is 4.60. The number of hydrogen-bond donors (Lipinski definition) is 2. The second-order valence-electron chi connectivity index (χ2n) is 4.61. The molecule has 0 aliphatic rings. The molecule has 0 fully saturated rings. The highest BCUT2D eigenvalue weighted by Crippen LogP contribution is 2.32. The van der Waals surface area contributed by atoms with Gasteiger partial charge in [0.15, 0.2) is 0 Å². The number of halogens is 1. The van der Waals surface area contributed by atoms with Crippen molar-refractivity contribution >= 4 is 48.7 Å². The van der Waals surface area contributed by atoms with Gasteiger partial charge in [-0.05, 0) is 40.2 Å². The van der Waals surface area contributed by atoms with Crippen molar-refractivity contribution in [1.29, 1.82) is 0 Å². The van der Waals surface area contributed by atoms with E-state index in [2.05, 4.69) is 20.7 Å². The maximum absolute atomic E-state index is 12.4. The Kier molecular flexibility index (Phi) is 4.92. The molecule has 8 heteroatoms. The zero-order chi connectivity index (χ0) is 15.6. The highest BCUT2D eigenvalue weighted by Gasteiger charge is 2.21. The van der Waals surface area contributed by atoms with Crippen LogP contribution < -0.4 is 15.4 Å². The molecule has 0 aliphatic heterocycles. The summed E-state index contributed by atoms with van der Waals surface area (Å²) in [4.78, 5) is 2.93. The quantitative estimate of drug-likeness (QED) is 0.823. The third-order valence-corrected chi connectivity index (χ3v) is 6.47. The van der Waals surface area contributed by atoms with E-state index in [0.29, 0.717) is 16.0 Å². The first-order valence-electron chi connectivity index (χ1n) is 6.12. The van der Waals surface area contributed by atoms with Gasteiger partial charge in [0.25, 0.3) is 10.0 Å². The molecule has 0 radical (unpaired) electrons. The van der Waals surface area contributed by atoms with E-state index in [1.165, 1.54) is 11.3 Å². The first kappa shape index (κ1) is 16.3. The monoisotopic (exact) mass is 389 g/mol. The Hall–Kier alpha value is -1.09. The van der Waals surface area contributed by atoms with Crippen LogP contribution >= 0.6 is 27.3 Å². The van der Waals surface area contributed by atoms with Gasteiger partial charge in [-0.2, -0.15) is 0 Å². The molecule has 3 N–H and O–H groups in total. The summed E-state index contributed by atoms with van der Waals surface area (Å²) in [6, 6.07) is 8.80. The lowest BCUT2D eigenvalue weighted by Crippen LogP contribution is -2.14. The molecule has 2 rings (SSSR count). The molecule has 0 aliphatic carbocycles. The van der Waals surface area contributed by atoms with Crippen molar-refractivity contribution < 1.29 is 8.42 Å². The average molecular weight is 390 g/mol. The van der Waals surface area contributed by atoms with Gasteiger partial charge < -0.3 is 10.6 Å². The molecule has 0 atom stereocenters. The van der Waals surface area contributed by atoms with Gasteiger partial charge in [0.1, 0.15) is 4.90 Å². The Labute approximate surface area is 137 Å². The summed E-state index contributed by atoms with van der Waals surface area (Å²) in [6.07, 6.45) is 0. The number of benzene rings is 1. The molecule has 1 aromatic carbocycles. The van der Waals surface area contributed by atoms with E-state index < -0.39 is 10.0 Å². The number of rotatable bonds is 5. The highest BCUT2D eigenvalue weighted by molar-refractivity contribution is 9.11. The molecule has 2 aromatic rings. The minimum absolute atomic E-state index is 0.211. The topological polar surface area (TPSA) is 75.4 Å². The van der Waals surface area contributed by atoms with Crippen molar-refractivity contribution in [3.8, 4) is 0 Å². The van der Waals surface area contributed by atoms with Crippen LogP contribution in [0.4, 0.5) is 11.4 Å². The third kappa shape index (κ3) is 3.76. The molecule has 0 spiro atoms. The van der Waals surface area contributed by atoms with Gasteiger partial charge in [-0.3, -0.25) is 4.72 Å². The van der Waals surface area contributed by atoms with Crippen LogP contribution in [0.25, 0.3) is 0 Å². The predicted octanol–water partition coefficient (Wildman–Crippen LogP) is 2.84. The van der Waals surface area contributed by atoms with Crippen LogP contribution in [0.3, 0.4) is 0 Å². The van der Waals surface area contributed by atoms with Crippen molar-refractivity contribution in [2.45, 2.75) is 11.4 Å². The SMILES string of the molecule is CN(C)c1cccc(NS(=O)(=O)c2cc(CN)sc2Br)c1. The van der Waals surface area contributed by atoms with E-state index in [-0.39, 0.29) is 4.90 Å². The third-order valence-electron chi connectivity index (χ3n) is 2.81. The molecule has 1 aromatic heterocycles. The van der Waals surface area contributed by atoms with E-state index in [4.69, 9.17) is 5.73 Å². The van der Waals surface area contributed by atoms with Crippen molar-refractivity contribution in [3.63, 3.8) is 0 Å². The Balaban J connectivity index is 2.33. The van der Waals surface area contributed by atoms with Crippen LogP contribution in [0.2, 0.25) is 0 Å². The molecular weight excluding hydrogens is 374 g/mol. The summed E-state index contributed by atoms with van der Waals surface area (Å²) in [7, 11) is 0.163. The standard InChI is InChI=1S/C13H16BrN3O2S2/c1-17(2)10-5-3-4-9(6-10)16-21(18,19)12-7-11(8-15)20-13(12)14/h3-7,16H,8,15H2,1-2H3. The Morgan fingerprint density at radius 3 is 2.62 bits per heavy atom. The van der Waals surface area contributed by atoms with Crippen molar-refractivity contribution in [2.24, 2.45) is 5.73 Å². The van der Waals surface area contributed by atoms with Gasteiger partial charge in [-0.15, -0.1) is 11.3 Å². The molecule has 21 heavy (non-hydrogen) atoms. The number of nitrogens with one attached hydrogen (secondary N) is 1. The molecule has 5 nitrogen and oxygen atoms in total. The summed E-state index contributed by atoms with van der Waals surface area (Å²) in [5.74, 6) is 0. The maximum atomic E-state index is 12.4. The van der Waals surface area contributed by atoms with E-state index in [1.807, 2.05) is 25.1 Å². The van der Waals surface area contributed by atoms with Crippen molar-refractivity contribution in [2.75, 3.05) is 23.7 Å². The lowest BCUT2D eigenvalue weighted by Gasteiger charge is -2.14. The summed E-state index contributed by atoms with van der Waals surface area (Å²) in [6.45, 7) is 0.314. The number of hydrogen-bond acceptors (Lipinski definition) is 5. The average Bonchev–Trinajstić information content (AvgIpc) is 2.80. The van der Waals surface area contributed by atoms with Gasteiger partial charge in [-0.25, -0.2) is 8.42 Å². The number of nitrogens with zero attached hydrogens (tertiary/aromatic N) is 1. The first-order chi connectivity index (χ1) is 9.83. The van der Waals surface area contributed by atoms with Crippen LogP contribution in [0, 0.1) is 0 Å².